The van der Waals surface area contributed by atoms with Crippen LogP contribution in [0.15, 0.2) is 17.1 Å². The zero-order valence-corrected chi connectivity index (χ0v) is 15.5. The molecule has 1 aliphatic rings. The number of hydrogen-bond acceptors (Lipinski definition) is 6. The van der Waals surface area contributed by atoms with Crippen LogP contribution in [0.1, 0.15) is 30.9 Å². The zero-order valence-electron chi connectivity index (χ0n) is 15.5. The third-order valence-electron chi connectivity index (χ3n) is 4.73. The van der Waals surface area contributed by atoms with E-state index in [1.807, 2.05) is 25.1 Å². The van der Waals surface area contributed by atoms with Gasteiger partial charge in [-0.05, 0) is 18.9 Å². The number of likely N-dealkylation sites (tertiary alicyclic amines) is 1. The van der Waals surface area contributed by atoms with Crippen LogP contribution in [0.5, 0.6) is 0 Å². The SMILES string of the molecule is COCCC(=O)N1CCC[C@@H](c2cc3nc(N(C)C)ncc3c(=O)[nH]2)C1. The highest BCUT2D eigenvalue weighted by molar-refractivity contribution is 5.78. The predicted molar refractivity (Wildman–Crippen MR) is 99.5 cm³/mol. The van der Waals surface area contributed by atoms with Gasteiger partial charge in [-0.25, -0.2) is 9.97 Å². The van der Waals surface area contributed by atoms with E-state index in [9.17, 15) is 9.59 Å². The Hall–Kier alpha value is -2.48. The number of nitrogens with one attached hydrogen (secondary N) is 1. The van der Waals surface area contributed by atoms with Crippen LogP contribution < -0.4 is 10.5 Å². The molecule has 0 spiro atoms. The lowest BCUT2D eigenvalue weighted by Gasteiger charge is -2.33. The van der Waals surface area contributed by atoms with Crippen LogP contribution in [-0.2, 0) is 9.53 Å². The maximum absolute atomic E-state index is 12.4. The molecule has 0 bridgehead atoms. The van der Waals surface area contributed by atoms with Gasteiger partial charge in [0.05, 0.1) is 23.9 Å². The third-order valence-corrected chi connectivity index (χ3v) is 4.73. The van der Waals surface area contributed by atoms with Crippen LogP contribution in [0.4, 0.5) is 5.95 Å². The Labute approximate surface area is 152 Å². The quantitative estimate of drug-likeness (QED) is 0.860. The lowest BCUT2D eigenvalue weighted by Crippen LogP contribution is -2.40. The van der Waals surface area contributed by atoms with Gasteiger partial charge in [-0.15, -0.1) is 0 Å². The van der Waals surface area contributed by atoms with Crippen molar-refractivity contribution in [3.63, 3.8) is 0 Å². The van der Waals surface area contributed by atoms with E-state index in [-0.39, 0.29) is 17.4 Å². The van der Waals surface area contributed by atoms with Gasteiger partial charge in [0, 0.05) is 52.1 Å². The number of carbonyl (C=O) groups is 1. The molecule has 0 aromatic carbocycles. The second-order valence-corrected chi connectivity index (χ2v) is 6.84. The maximum Gasteiger partial charge on any atom is 0.259 e. The summed E-state index contributed by atoms with van der Waals surface area (Å²) in [7, 11) is 5.32. The Kier molecular flexibility index (Phi) is 5.51. The molecular formula is C18H25N5O3. The third kappa shape index (κ3) is 3.85. The van der Waals surface area contributed by atoms with Crippen molar-refractivity contribution in [3.8, 4) is 0 Å². The summed E-state index contributed by atoms with van der Waals surface area (Å²) in [6, 6.07) is 1.92. The van der Waals surface area contributed by atoms with Crippen LogP contribution in [-0.4, -0.2) is 66.7 Å². The average molecular weight is 359 g/mol. The Balaban J connectivity index is 1.87. The number of rotatable bonds is 5. The van der Waals surface area contributed by atoms with Crippen molar-refractivity contribution >= 4 is 22.8 Å². The summed E-state index contributed by atoms with van der Waals surface area (Å²) < 4.78 is 5.00. The predicted octanol–water partition coefficient (Wildman–Crippen LogP) is 1.13. The number of carbonyl (C=O) groups excluding carboxylic acids is 1. The number of piperidine rings is 1. The molecule has 2 aromatic rings. The van der Waals surface area contributed by atoms with E-state index in [2.05, 4.69) is 15.0 Å². The van der Waals surface area contributed by atoms with E-state index >= 15 is 0 Å². The first-order chi connectivity index (χ1) is 12.5. The van der Waals surface area contributed by atoms with Crippen LogP contribution in [0.3, 0.4) is 0 Å². The second kappa shape index (κ2) is 7.82. The van der Waals surface area contributed by atoms with Gasteiger partial charge in [0.1, 0.15) is 0 Å². The van der Waals surface area contributed by atoms with Crippen molar-refractivity contribution in [1.82, 2.24) is 19.9 Å². The number of methoxy groups -OCH3 is 1. The number of hydrogen-bond donors (Lipinski definition) is 1. The van der Waals surface area contributed by atoms with Gasteiger partial charge in [-0.1, -0.05) is 0 Å². The second-order valence-electron chi connectivity index (χ2n) is 6.84. The van der Waals surface area contributed by atoms with Crippen molar-refractivity contribution in [2.24, 2.45) is 0 Å². The normalized spacial score (nSPS) is 17.5. The first-order valence-electron chi connectivity index (χ1n) is 8.83. The number of H-pyrrole nitrogens is 1. The van der Waals surface area contributed by atoms with E-state index in [1.54, 1.807) is 18.2 Å². The van der Waals surface area contributed by atoms with E-state index < -0.39 is 0 Å². The number of pyridine rings is 1. The molecule has 3 rings (SSSR count). The number of fused-ring (bicyclic) bond motifs is 1. The van der Waals surface area contributed by atoms with Gasteiger partial charge in [0.15, 0.2) is 0 Å². The summed E-state index contributed by atoms with van der Waals surface area (Å²) in [5.74, 6) is 0.760. The molecule has 0 unspecified atom stereocenters. The van der Waals surface area contributed by atoms with Crippen molar-refractivity contribution in [1.29, 1.82) is 0 Å². The summed E-state index contributed by atoms with van der Waals surface area (Å²) in [6.45, 7) is 1.79. The van der Waals surface area contributed by atoms with Gasteiger partial charge < -0.3 is 19.5 Å². The first kappa shape index (κ1) is 18.3. The van der Waals surface area contributed by atoms with Crippen molar-refractivity contribution < 1.29 is 9.53 Å². The maximum atomic E-state index is 12.4. The van der Waals surface area contributed by atoms with E-state index in [0.717, 1.165) is 25.1 Å². The summed E-state index contributed by atoms with van der Waals surface area (Å²) in [5, 5.41) is 0.475. The average Bonchev–Trinajstić information content (AvgIpc) is 2.65. The van der Waals surface area contributed by atoms with Crippen molar-refractivity contribution in [2.45, 2.75) is 25.2 Å². The standard InChI is InChI=1S/C18H25N5O3/c1-22(2)18-19-10-13-15(21-18)9-14(20-17(13)25)12-5-4-7-23(11-12)16(24)6-8-26-3/h9-10,12H,4-8,11H2,1-3H3,(H,20,25)/t12-/m1/s1. The zero-order chi connectivity index (χ0) is 18.7. The first-order valence-corrected chi connectivity index (χ1v) is 8.83. The highest BCUT2D eigenvalue weighted by Crippen LogP contribution is 2.26. The van der Waals surface area contributed by atoms with Crippen LogP contribution >= 0.6 is 0 Å². The molecular weight excluding hydrogens is 334 g/mol. The van der Waals surface area contributed by atoms with Gasteiger partial charge >= 0.3 is 0 Å². The fourth-order valence-electron chi connectivity index (χ4n) is 3.29. The van der Waals surface area contributed by atoms with Crippen LogP contribution in [0, 0.1) is 0 Å². The molecule has 1 atom stereocenters. The molecule has 0 aliphatic carbocycles. The van der Waals surface area contributed by atoms with Crippen LogP contribution in [0.2, 0.25) is 0 Å². The molecule has 0 radical (unpaired) electrons. The molecule has 1 N–H and O–H groups in total. The van der Waals surface area contributed by atoms with Crippen molar-refractivity contribution in [2.75, 3.05) is 45.8 Å². The van der Waals surface area contributed by atoms with Crippen LogP contribution in [0.25, 0.3) is 10.9 Å². The molecule has 3 heterocycles. The smallest absolute Gasteiger partial charge is 0.259 e. The molecule has 2 aromatic heterocycles. The summed E-state index contributed by atoms with van der Waals surface area (Å²) in [4.78, 5) is 40.0. The summed E-state index contributed by atoms with van der Waals surface area (Å²) >= 11 is 0. The Morgan fingerprint density at radius 2 is 2.27 bits per heavy atom. The van der Waals surface area contributed by atoms with Crippen molar-refractivity contribution in [3.05, 3.63) is 28.3 Å². The molecule has 8 nitrogen and oxygen atoms in total. The molecule has 8 heteroatoms. The highest BCUT2D eigenvalue weighted by atomic mass is 16.5. The summed E-state index contributed by atoms with van der Waals surface area (Å²) in [5.41, 5.74) is 1.27. The molecule has 1 amide bonds. The Morgan fingerprint density at radius 1 is 1.46 bits per heavy atom. The molecule has 26 heavy (non-hydrogen) atoms. The topological polar surface area (TPSA) is 91.4 Å². The fraction of sp³-hybridized carbons (Fsp3) is 0.556. The van der Waals surface area contributed by atoms with Gasteiger partial charge in [-0.2, -0.15) is 0 Å². The number of amides is 1. The van der Waals surface area contributed by atoms with Gasteiger partial charge in [0.2, 0.25) is 11.9 Å². The number of ether oxygens (including phenoxy) is 1. The van der Waals surface area contributed by atoms with E-state index in [0.29, 0.717) is 36.4 Å². The molecule has 1 saturated heterocycles. The largest absolute Gasteiger partial charge is 0.384 e. The van der Waals surface area contributed by atoms with E-state index in [4.69, 9.17) is 4.74 Å². The summed E-state index contributed by atoms with van der Waals surface area (Å²) in [6.07, 6.45) is 3.79. The molecule has 1 fully saturated rings. The highest BCUT2D eigenvalue weighted by Gasteiger charge is 2.25. The Bertz CT molecular complexity index is 848. The minimum absolute atomic E-state index is 0.0944. The van der Waals surface area contributed by atoms with E-state index in [1.165, 1.54) is 0 Å². The minimum Gasteiger partial charge on any atom is -0.384 e. The number of aromatic nitrogens is 3. The lowest BCUT2D eigenvalue weighted by atomic mass is 9.93. The fourth-order valence-corrected chi connectivity index (χ4v) is 3.29. The monoisotopic (exact) mass is 359 g/mol. The number of nitrogens with zero attached hydrogens (tertiary/aromatic N) is 4. The van der Waals surface area contributed by atoms with Gasteiger partial charge in [-0.3, -0.25) is 9.59 Å². The number of aromatic amines is 1. The molecule has 1 aliphatic heterocycles. The van der Waals surface area contributed by atoms with Gasteiger partial charge in [0.25, 0.3) is 5.56 Å². The Morgan fingerprint density at radius 3 is 3.00 bits per heavy atom. The molecule has 140 valence electrons. The molecule has 0 saturated carbocycles. The lowest BCUT2D eigenvalue weighted by molar-refractivity contribution is -0.133. The number of anilines is 1. The minimum atomic E-state index is -0.189.